The van der Waals surface area contributed by atoms with Gasteiger partial charge in [0.2, 0.25) is 0 Å². The molecular weight excluding hydrogens is 176 g/mol. The second kappa shape index (κ2) is 3.40. The second-order valence-corrected chi connectivity index (χ2v) is 3.84. The maximum atomic E-state index is 11.1. The molecule has 0 saturated heterocycles. The number of Topliss-reactive ketones (excluding diaryl/α,β-unsaturated/α-hetero) is 1. The van der Waals surface area contributed by atoms with Crippen LogP contribution in [0.5, 0.6) is 0 Å². The zero-order valence-corrected chi connectivity index (χ0v) is 8.53. The van der Waals surface area contributed by atoms with Gasteiger partial charge < -0.3 is 4.57 Å². The Morgan fingerprint density at radius 3 is 2.86 bits per heavy atom. The van der Waals surface area contributed by atoms with E-state index in [1.807, 2.05) is 25.5 Å². The van der Waals surface area contributed by atoms with Crippen LogP contribution in [0.4, 0.5) is 0 Å². The number of ketones is 1. The summed E-state index contributed by atoms with van der Waals surface area (Å²) in [5.41, 5.74) is 1.83. The number of carbonyl (C=O) groups is 1. The third-order valence-corrected chi connectivity index (χ3v) is 2.56. The van der Waals surface area contributed by atoms with Gasteiger partial charge in [0.25, 0.3) is 0 Å². The van der Waals surface area contributed by atoms with Gasteiger partial charge in [-0.15, -0.1) is 0 Å². The van der Waals surface area contributed by atoms with E-state index in [-0.39, 0.29) is 5.78 Å². The number of imidazole rings is 1. The molecule has 1 aromatic rings. The Kier molecular flexibility index (Phi) is 2.23. The van der Waals surface area contributed by atoms with Gasteiger partial charge in [0.1, 0.15) is 0 Å². The molecule has 0 radical (unpaired) electrons. The van der Waals surface area contributed by atoms with E-state index >= 15 is 0 Å². The Morgan fingerprint density at radius 2 is 2.29 bits per heavy atom. The molecule has 0 amide bonds. The molecule has 1 heterocycles. The number of aromatic nitrogens is 2. The smallest absolute Gasteiger partial charge is 0.155 e. The van der Waals surface area contributed by atoms with Gasteiger partial charge in [0, 0.05) is 6.04 Å². The molecule has 3 heteroatoms. The van der Waals surface area contributed by atoms with Crippen molar-refractivity contribution in [3.8, 4) is 0 Å². The van der Waals surface area contributed by atoms with Crippen molar-refractivity contribution in [2.24, 2.45) is 0 Å². The average molecular weight is 190 g/mol. The van der Waals surface area contributed by atoms with Gasteiger partial charge in [-0.25, -0.2) is 4.98 Å². The molecule has 1 aliphatic rings. The molecule has 1 aromatic heterocycles. The summed E-state index contributed by atoms with van der Waals surface area (Å²) in [6, 6.07) is 0.614. The number of carbonyl (C=O) groups excluding carboxylic acids is 1. The van der Waals surface area contributed by atoms with Crippen LogP contribution in [-0.2, 0) is 4.79 Å². The Morgan fingerprint density at radius 1 is 1.57 bits per heavy atom. The number of allylic oxidation sites excluding steroid dienone is 1. The monoisotopic (exact) mass is 190 g/mol. The molecule has 14 heavy (non-hydrogen) atoms. The molecule has 0 unspecified atom stereocenters. The van der Waals surface area contributed by atoms with E-state index in [9.17, 15) is 4.79 Å². The first-order valence-electron chi connectivity index (χ1n) is 4.89. The lowest BCUT2D eigenvalue weighted by atomic mass is 10.2. The van der Waals surface area contributed by atoms with Crippen LogP contribution in [0.15, 0.2) is 18.1 Å². The van der Waals surface area contributed by atoms with Crippen LogP contribution in [0.25, 0.3) is 6.08 Å². The van der Waals surface area contributed by atoms with Gasteiger partial charge in [-0.3, -0.25) is 4.79 Å². The van der Waals surface area contributed by atoms with Gasteiger partial charge in [-0.05, 0) is 38.3 Å². The van der Waals surface area contributed by atoms with Gasteiger partial charge in [0.15, 0.2) is 5.78 Å². The van der Waals surface area contributed by atoms with E-state index in [1.165, 1.54) is 12.8 Å². The van der Waals surface area contributed by atoms with Gasteiger partial charge in [0.05, 0.1) is 18.2 Å². The topological polar surface area (TPSA) is 34.9 Å². The van der Waals surface area contributed by atoms with Crippen molar-refractivity contribution in [3.05, 3.63) is 23.8 Å². The first kappa shape index (κ1) is 9.19. The predicted molar refractivity (Wildman–Crippen MR) is 54.8 cm³/mol. The second-order valence-electron chi connectivity index (χ2n) is 3.84. The summed E-state index contributed by atoms with van der Waals surface area (Å²) in [5, 5.41) is 0. The zero-order chi connectivity index (χ0) is 10.1. The highest BCUT2D eigenvalue weighted by atomic mass is 16.1. The maximum absolute atomic E-state index is 11.1. The fourth-order valence-electron chi connectivity index (χ4n) is 1.41. The Balaban J connectivity index is 2.27. The van der Waals surface area contributed by atoms with E-state index in [1.54, 1.807) is 6.92 Å². The molecule has 1 saturated carbocycles. The summed E-state index contributed by atoms with van der Waals surface area (Å²) in [6.45, 7) is 3.43. The normalized spacial score (nSPS) is 17.1. The third kappa shape index (κ3) is 1.76. The van der Waals surface area contributed by atoms with Crippen molar-refractivity contribution < 1.29 is 4.79 Å². The van der Waals surface area contributed by atoms with Crippen molar-refractivity contribution in [3.63, 3.8) is 0 Å². The molecule has 0 spiro atoms. The lowest BCUT2D eigenvalue weighted by Gasteiger charge is -2.02. The SMILES string of the molecule is CC(=O)/C(C)=C/c1cncn1C1CC1. The Bertz CT molecular complexity index is 386. The third-order valence-electron chi connectivity index (χ3n) is 2.56. The Hall–Kier alpha value is -1.38. The van der Waals surface area contributed by atoms with Crippen LogP contribution in [0.2, 0.25) is 0 Å². The number of hydrogen-bond donors (Lipinski definition) is 0. The number of hydrogen-bond acceptors (Lipinski definition) is 2. The lowest BCUT2D eigenvalue weighted by molar-refractivity contribution is -0.113. The van der Waals surface area contributed by atoms with Gasteiger partial charge in [-0.1, -0.05) is 0 Å². The summed E-state index contributed by atoms with van der Waals surface area (Å²) in [4.78, 5) is 15.2. The predicted octanol–water partition coefficient (Wildman–Crippen LogP) is 2.21. The van der Waals surface area contributed by atoms with Crippen molar-refractivity contribution in [2.75, 3.05) is 0 Å². The average Bonchev–Trinajstić information content (AvgIpc) is 2.88. The summed E-state index contributed by atoms with van der Waals surface area (Å²) in [5.74, 6) is 0.119. The van der Waals surface area contributed by atoms with E-state index < -0.39 is 0 Å². The van der Waals surface area contributed by atoms with Gasteiger partial charge in [-0.2, -0.15) is 0 Å². The molecule has 0 N–H and O–H groups in total. The maximum Gasteiger partial charge on any atom is 0.155 e. The van der Waals surface area contributed by atoms with Crippen LogP contribution < -0.4 is 0 Å². The molecular formula is C11H14N2O. The van der Waals surface area contributed by atoms with Crippen LogP contribution >= 0.6 is 0 Å². The fourth-order valence-corrected chi connectivity index (χ4v) is 1.41. The molecule has 0 aromatic carbocycles. The van der Waals surface area contributed by atoms with Crippen molar-refractivity contribution in [2.45, 2.75) is 32.7 Å². The highest BCUT2D eigenvalue weighted by Gasteiger charge is 2.24. The summed E-state index contributed by atoms with van der Waals surface area (Å²) >= 11 is 0. The van der Waals surface area contributed by atoms with E-state index in [4.69, 9.17) is 0 Å². The summed E-state index contributed by atoms with van der Waals surface area (Å²) < 4.78 is 2.15. The molecule has 0 bridgehead atoms. The van der Waals surface area contributed by atoms with Crippen molar-refractivity contribution in [1.82, 2.24) is 9.55 Å². The van der Waals surface area contributed by atoms with Crippen LogP contribution in [0.1, 0.15) is 38.4 Å². The van der Waals surface area contributed by atoms with E-state index in [0.29, 0.717) is 6.04 Å². The molecule has 1 fully saturated rings. The van der Waals surface area contributed by atoms with Crippen LogP contribution in [-0.4, -0.2) is 15.3 Å². The largest absolute Gasteiger partial charge is 0.328 e. The minimum absolute atomic E-state index is 0.119. The quantitative estimate of drug-likeness (QED) is 0.685. The van der Waals surface area contributed by atoms with Crippen LogP contribution in [0.3, 0.4) is 0 Å². The summed E-state index contributed by atoms with van der Waals surface area (Å²) in [6.07, 6.45) is 8.03. The lowest BCUT2D eigenvalue weighted by Crippen LogP contribution is -1.97. The Labute approximate surface area is 83.5 Å². The zero-order valence-electron chi connectivity index (χ0n) is 8.53. The van der Waals surface area contributed by atoms with E-state index in [0.717, 1.165) is 11.3 Å². The minimum atomic E-state index is 0.119. The highest BCUT2D eigenvalue weighted by molar-refractivity contribution is 5.96. The minimum Gasteiger partial charge on any atom is -0.328 e. The van der Waals surface area contributed by atoms with Crippen molar-refractivity contribution in [1.29, 1.82) is 0 Å². The molecule has 0 aliphatic heterocycles. The number of nitrogens with zero attached hydrogens (tertiary/aromatic N) is 2. The fraction of sp³-hybridized carbons (Fsp3) is 0.455. The van der Waals surface area contributed by atoms with Gasteiger partial charge >= 0.3 is 0 Å². The first-order chi connectivity index (χ1) is 6.68. The molecule has 2 rings (SSSR count). The molecule has 3 nitrogen and oxygen atoms in total. The van der Waals surface area contributed by atoms with Crippen molar-refractivity contribution >= 4 is 11.9 Å². The van der Waals surface area contributed by atoms with Crippen LogP contribution in [0, 0.1) is 0 Å². The summed E-state index contributed by atoms with van der Waals surface area (Å²) in [7, 11) is 0. The standard InChI is InChI=1S/C11H14N2O/c1-8(9(2)14)5-11-6-12-7-13(11)10-3-4-10/h5-7,10H,3-4H2,1-2H3/b8-5+. The highest BCUT2D eigenvalue weighted by Crippen LogP contribution is 2.35. The molecule has 1 aliphatic carbocycles. The molecule has 0 atom stereocenters. The first-order valence-corrected chi connectivity index (χ1v) is 4.89. The van der Waals surface area contributed by atoms with E-state index in [2.05, 4.69) is 9.55 Å². The number of rotatable bonds is 3. The molecule has 74 valence electrons.